The molecule has 3 N–H and O–H groups in total. The Kier molecular flexibility index (Phi) is 4.31. The lowest BCUT2D eigenvalue weighted by Crippen LogP contribution is -2.49. The van der Waals surface area contributed by atoms with Gasteiger partial charge in [-0.15, -0.1) is 5.10 Å². The van der Waals surface area contributed by atoms with Gasteiger partial charge in [0.2, 0.25) is 5.91 Å². The average molecular weight is 392 g/mol. The first-order valence-electron chi connectivity index (χ1n) is 9.96. The second-order valence-electron chi connectivity index (χ2n) is 7.66. The van der Waals surface area contributed by atoms with Gasteiger partial charge in [-0.05, 0) is 37.8 Å². The number of nitrogens with zero attached hydrogens (tertiary/aromatic N) is 5. The number of carbonyl (C=O) groups excluding carboxylic acids is 1. The van der Waals surface area contributed by atoms with Crippen LogP contribution in [-0.2, 0) is 11.8 Å². The second-order valence-corrected chi connectivity index (χ2v) is 7.66. The number of hydrogen-bond donors (Lipinski definition) is 3. The van der Waals surface area contributed by atoms with E-state index in [1.807, 2.05) is 30.1 Å². The SMILES string of the molecule is Cc1cccc2c1-c1nc(-c3cnn(C)c3)nn1C(N[C@@H]1CCCCNC1=O)N2. The lowest BCUT2D eigenvalue weighted by atomic mass is 10.0. The lowest BCUT2D eigenvalue weighted by molar-refractivity contribution is -0.123. The fraction of sp³-hybridized carbons (Fsp3) is 0.400. The first-order valence-corrected chi connectivity index (χ1v) is 9.96. The maximum absolute atomic E-state index is 12.5. The molecule has 0 radical (unpaired) electrons. The Morgan fingerprint density at radius 2 is 2.17 bits per heavy atom. The van der Waals surface area contributed by atoms with E-state index < -0.39 is 0 Å². The zero-order chi connectivity index (χ0) is 20.0. The summed E-state index contributed by atoms with van der Waals surface area (Å²) in [6.07, 6.45) is 6.09. The molecule has 29 heavy (non-hydrogen) atoms. The van der Waals surface area contributed by atoms with E-state index in [1.165, 1.54) is 0 Å². The molecule has 9 nitrogen and oxygen atoms in total. The van der Waals surface area contributed by atoms with E-state index in [1.54, 1.807) is 10.9 Å². The van der Waals surface area contributed by atoms with Crippen LogP contribution >= 0.6 is 0 Å². The molecule has 0 saturated carbocycles. The van der Waals surface area contributed by atoms with Crippen molar-refractivity contribution < 1.29 is 4.79 Å². The molecule has 2 atom stereocenters. The smallest absolute Gasteiger partial charge is 0.237 e. The van der Waals surface area contributed by atoms with Crippen molar-refractivity contribution in [2.75, 3.05) is 11.9 Å². The highest BCUT2D eigenvalue weighted by molar-refractivity contribution is 5.82. The zero-order valence-corrected chi connectivity index (χ0v) is 16.5. The summed E-state index contributed by atoms with van der Waals surface area (Å²) in [5.74, 6) is 1.43. The number of nitrogens with one attached hydrogen (secondary N) is 3. The van der Waals surface area contributed by atoms with Crippen LogP contribution < -0.4 is 16.0 Å². The van der Waals surface area contributed by atoms with Crippen LogP contribution in [0.5, 0.6) is 0 Å². The number of fused-ring (bicyclic) bond motifs is 3. The molecule has 1 saturated heterocycles. The summed E-state index contributed by atoms with van der Waals surface area (Å²) in [6.45, 7) is 2.80. The molecule has 1 fully saturated rings. The Morgan fingerprint density at radius 1 is 1.28 bits per heavy atom. The van der Waals surface area contributed by atoms with Crippen LogP contribution in [0.1, 0.15) is 31.1 Å². The van der Waals surface area contributed by atoms with Crippen LogP contribution in [-0.4, -0.2) is 43.0 Å². The fourth-order valence-corrected chi connectivity index (χ4v) is 4.03. The molecule has 0 aliphatic carbocycles. The molecule has 150 valence electrons. The number of aromatic nitrogens is 5. The third-order valence-corrected chi connectivity index (χ3v) is 5.52. The van der Waals surface area contributed by atoms with Crippen molar-refractivity contribution in [3.05, 3.63) is 36.2 Å². The van der Waals surface area contributed by atoms with Crippen LogP contribution in [0.4, 0.5) is 5.69 Å². The Hall–Kier alpha value is -3.20. The number of aryl methyl sites for hydroxylation is 2. The molecular formula is C20H24N8O. The van der Waals surface area contributed by atoms with Crippen molar-refractivity contribution in [1.29, 1.82) is 0 Å². The minimum atomic E-state index is -0.369. The minimum absolute atomic E-state index is 0.0356. The van der Waals surface area contributed by atoms with Gasteiger partial charge in [0.15, 0.2) is 17.9 Å². The van der Waals surface area contributed by atoms with Gasteiger partial charge >= 0.3 is 0 Å². The number of rotatable bonds is 3. The third-order valence-electron chi connectivity index (χ3n) is 5.52. The van der Waals surface area contributed by atoms with Crippen LogP contribution in [0.2, 0.25) is 0 Å². The number of anilines is 1. The monoisotopic (exact) mass is 392 g/mol. The first kappa shape index (κ1) is 17.9. The summed E-state index contributed by atoms with van der Waals surface area (Å²) in [4.78, 5) is 17.3. The first-order chi connectivity index (χ1) is 14.1. The van der Waals surface area contributed by atoms with Gasteiger partial charge < -0.3 is 10.6 Å². The van der Waals surface area contributed by atoms with Gasteiger partial charge in [-0.2, -0.15) is 5.10 Å². The highest BCUT2D eigenvalue weighted by atomic mass is 16.2. The molecule has 0 spiro atoms. The average Bonchev–Trinajstić information content (AvgIpc) is 3.28. The van der Waals surface area contributed by atoms with Crippen molar-refractivity contribution in [2.45, 2.75) is 38.5 Å². The summed E-state index contributed by atoms with van der Waals surface area (Å²) in [6, 6.07) is 5.84. The highest BCUT2D eigenvalue weighted by Crippen LogP contribution is 2.37. The summed E-state index contributed by atoms with van der Waals surface area (Å²) >= 11 is 0. The molecule has 2 aliphatic rings. The normalized spacial score (nSPS) is 21.0. The predicted octanol–water partition coefficient (Wildman–Crippen LogP) is 1.79. The lowest BCUT2D eigenvalue weighted by Gasteiger charge is -2.31. The van der Waals surface area contributed by atoms with Crippen LogP contribution in [0.3, 0.4) is 0 Å². The highest BCUT2D eigenvalue weighted by Gasteiger charge is 2.32. The predicted molar refractivity (Wildman–Crippen MR) is 109 cm³/mol. The molecule has 5 rings (SSSR count). The van der Waals surface area contributed by atoms with E-state index in [0.717, 1.165) is 54.0 Å². The van der Waals surface area contributed by atoms with Crippen LogP contribution in [0.25, 0.3) is 22.8 Å². The largest absolute Gasteiger partial charge is 0.355 e. The van der Waals surface area contributed by atoms with E-state index in [9.17, 15) is 4.79 Å². The maximum atomic E-state index is 12.5. The van der Waals surface area contributed by atoms with E-state index in [-0.39, 0.29) is 18.2 Å². The molecule has 4 heterocycles. The standard InChI is InChI=1S/C20H24N8O/c1-12-6-5-8-14-16(12)18-25-17(13-10-22-27(2)11-13)26-28(18)20(23-14)24-15-7-3-4-9-21-19(15)29/h5-6,8,10-11,15,20,23-24H,3-4,7,9H2,1-2H3,(H,21,29)/t15-,20?/m1/s1. The van der Waals surface area contributed by atoms with Gasteiger partial charge in [0.05, 0.1) is 17.8 Å². The van der Waals surface area contributed by atoms with Crippen LogP contribution in [0, 0.1) is 6.92 Å². The molecule has 2 aliphatic heterocycles. The molecule has 1 aromatic carbocycles. The summed E-state index contributed by atoms with van der Waals surface area (Å²) < 4.78 is 3.58. The molecule has 3 aromatic rings. The molecule has 0 bridgehead atoms. The zero-order valence-electron chi connectivity index (χ0n) is 16.5. The van der Waals surface area contributed by atoms with Gasteiger partial charge in [-0.25, -0.2) is 9.67 Å². The van der Waals surface area contributed by atoms with Gasteiger partial charge in [0.1, 0.15) is 0 Å². The molecule has 9 heteroatoms. The Morgan fingerprint density at radius 3 is 3.00 bits per heavy atom. The van der Waals surface area contributed by atoms with Crippen molar-refractivity contribution in [2.24, 2.45) is 7.05 Å². The number of carbonyl (C=O) groups is 1. The minimum Gasteiger partial charge on any atom is -0.355 e. The number of benzene rings is 1. The van der Waals surface area contributed by atoms with Gasteiger partial charge in [0, 0.05) is 31.0 Å². The van der Waals surface area contributed by atoms with Crippen molar-refractivity contribution >= 4 is 11.6 Å². The number of amides is 1. The van der Waals surface area contributed by atoms with Gasteiger partial charge in [-0.1, -0.05) is 12.1 Å². The van der Waals surface area contributed by atoms with E-state index in [4.69, 9.17) is 10.1 Å². The molecule has 1 amide bonds. The van der Waals surface area contributed by atoms with E-state index >= 15 is 0 Å². The maximum Gasteiger partial charge on any atom is 0.237 e. The fourth-order valence-electron chi connectivity index (χ4n) is 4.03. The third kappa shape index (κ3) is 3.17. The Balaban J connectivity index is 1.56. The van der Waals surface area contributed by atoms with E-state index in [0.29, 0.717) is 5.82 Å². The Bertz CT molecular complexity index is 1070. The molecular weight excluding hydrogens is 368 g/mol. The quantitative estimate of drug-likeness (QED) is 0.628. The van der Waals surface area contributed by atoms with E-state index in [2.05, 4.69) is 34.0 Å². The van der Waals surface area contributed by atoms with Crippen molar-refractivity contribution in [1.82, 2.24) is 35.2 Å². The van der Waals surface area contributed by atoms with Crippen molar-refractivity contribution in [3.63, 3.8) is 0 Å². The topological polar surface area (TPSA) is 102 Å². The molecule has 1 unspecified atom stereocenters. The Labute approximate surface area is 168 Å². The summed E-state index contributed by atoms with van der Waals surface area (Å²) in [5, 5.41) is 18.9. The van der Waals surface area contributed by atoms with Gasteiger partial charge in [-0.3, -0.25) is 14.8 Å². The molecule has 2 aromatic heterocycles. The van der Waals surface area contributed by atoms with Crippen LogP contribution in [0.15, 0.2) is 30.6 Å². The number of hydrogen-bond acceptors (Lipinski definition) is 6. The summed E-state index contributed by atoms with van der Waals surface area (Å²) in [7, 11) is 1.87. The van der Waals surface area contributed by atoms with Crippen molar-refractivity contribution in [3.8, 4) is 22.8 Å². The summed E-state index contributed by atoms with van der Waals surface area (Å²) in [5.41, 5.74) is 3.98. The van der Waals surface area contributed by atoms with Gasteiger partial charge in [0.25, 0.3) is 0 Å². The second kappa shape index (κ2) is 7.00.